The summed E-state index contributed by atoms with van der Waals surface area (Å²) in [5.74, 6) is -0.382. The molecule has 0 heterocycles. The van der Waals surface area contributed by atoms with Gasteiger partial charge in [0, 0.05) is 17.2 Å². The Morgan fingerprint density at radius 2 is 2.00 bits per heavy atom. The van der Waals surface area contributed by atoms with Crippen molar-refractivity contribution in [3.8, 4) is 0 Å². The zero-order valence-electron chi connectivity index (χ0n) is 17.1. The van der Waals surface area contributed by atoms with Gasteiger partial charge in [-0.1, -0.05) is 74.3 Å². The maximum absolute atomic E-state index is 13.2. The van der Waals surface area contributed by atoms with E-state index in [1.807, 2.05) is 19.1 Å². The van der Waals surface area contributed by atoms with Crippen LogP contribution in [0, 0.1) is 5.92 Å². The number of anilines is 2. The van der Waals surface area contributed by atoms with Crippen molar-refractivity contribution in [2.24, 2.45) is 5.92 Å². The molecule has 1 aromatic carbocycles. The fraction of sp³-hybridized carbons (Fsp3) is 0.500. The van der Waals surface area contributed by atoms with Gasteiger partial charge in [-0.05, 0) is 50.8 Å². The molecule has 1 N–H and O–H groups in total. The van der Waals surface area contributed by atoms with E-state index in [1.54, 1.807) is 30.0 Å². The number of benzene rings is 1. The molecule has 158 valence electrons. The highest BCUT2D eigenvalue weighted by Gasteiger charge is 2.34. The summed E-state index contributed by atoms with van der Waals surface area (Å²) in [6.45, 7) is 5.68. The predicted molar refractivity (Wildman–Crippen MR) is 126 cm³/mol. The molecule has 0 atom stereocenters. The molecule has 1 aliphatic rings. The third-order valence-electron chi connectivity index (χ3n) is 4.83. The van der Waals surface area contributed by atoms with Crippen LogP contribution >= 0.6 is 35.4 Å². The summed E-state index contributed by atoms with van der Waals surface area (Å²) >= 11 is 17.7. The Labute approximate surface area is 188 Å². The van der Waals surface area contributed by atoms with Crippen molar-refractivity contribution < 1.29 is 9.59 Å². The first-order chi connectivity index (χ1) is 13.7. The summed E-state index contributed by atoms with van der Waals surface area (Å²) in [4.78, 5) is 27.7. The second-order valence-corrected chi connectivity index (χ2v) is 9.25. The minimum Gasteiger partial charge on any atom is -0.323 e. The number of rotatable bonds is 9. The predicted octanol–water partition coefficient (Wildman–Crippen LogP) is 6.42. The summed E-state index contributed by atoms with van der Waals surface area (Å²) < 4.78 is -1.51. The van der Waals surface area contributed by atoms with Gasteiger partial charge < -0.3 is 5.32 Å². The molecule has 0 saturated heterocycles. The van der Waals surface area contributed by atoms with E-state index in [0.29, 0.717) is 21.9 Å². The lowest BCUT2D eigenvalue weighted by molar-refractivity contribution is -0.117. The van der Waals surface area contributed by atoms with Crippen LogP contribution in [-0.2, 0) is 9.59 Å². The lowest BCUT2D eigenvalue weighted by atomic mass is 10.1. The molecule has 2 amide bonds. The van der Waals surface area contributed by atoms with Crippen molar-refractivity contribution in [2.75, 3.05) is 10.2 Å². The zero-order chi connectivity index (χ0) is 21.6. The fourth-order valence-corrected chi connectivity index (χ4v) is 3.27. The van der Waals surface area contributed by atoms with Crippen LogP contribution in [0.3, 0.4) is 0 Å². The Morgan fingerprint density at radius 1 is 1.31 bits per heavy atom. The number of carbonyl (C=O) groups excluding carboxylic acids is 2. The average molecular weight is 455 g/mol. The number of hydrogen-bond acceptors (Lipinski definition) is 3. The van der Waals surface area contributed by atoms with E-state index in [0.717, 1.165) is 32.1 Å². The highest BCUT2D eigenvalue weighted by atomic mass is 35.5. The molecule has 29 heavy (non-hydrogen) atoms. The van der Waals surface area contributed by atoms with E-state index >= 15 is 0 Å². The first kappa shape index (κ1) is 23.8. The molecule has 0 bridgehead atoms. The number of nitrogens with one attached hydrogen (secondary N) is 1. The van der Waals surface area contributed by atoms with Gasteiger partial charge in [-0.25, -0.2) is 0 Å². The van der Waals surface area contributed by atoms with E-state index in [1.165, 1.54) is 0 Å². The van der Waals surface area contributed by atoms with Crippen LogP contribution in [0.4, 0.5) is 11.4 Å². The van der Waals surface area contributed by atoms with Gasteiger partial charge in [0.25, 0.3) is 11.8 Å². The van der Waals surface area contributed by atoms with E-state index in [2.05, 4.69) is 12.2 Å². The van der Waals surface area contributed by atoms with Crippen molar-refractivity contribution in [1.82, 2.24) is 0 Å². The van der Waals surface area contributed by atoms with Crippen molar-refractivity contribution in [3.63, 3.8) is 0 Å². The quantitative estimate of drug-likeness (QED) is 0.202. The number of halogens is 2. The Morgan fingerprint density at radius 3 is 2.59 bits per heavy atom. The Hall–Kier alpha value is -1.43. The van der Waals surface area contributed by atoms with Crippen LogP contribution in [0.15, 0.2) is 35.9 Å². The average Bonchev–Trinajstić information content (AvgIpc) is 3.53. The van der Waals surface area contributed by atoms with Crippen LogP contribution in [0.1, 0.15) is 59.3 Å². The molecule has 0 radical (unpaired) electrons. The van der Waals surface area contributed by atoms with Crippen molar-refractivity contribution >= 4 is 63.6 Å². The second-order valence-electron chi connectivity index (χ2n) is 7.34. The SMILES string of the molecule is CCCCC=C(C)C(=O)N(C(=S)C1CC1)c1cccc(NC(=O)C(Cl)(Cl)CC)c1. The van der Waals surface area contributed by atoms with Gasteiger partial charge in [-0.2, -0.15) is 0 Å². The molecule has 7 heteroatoms. The van der Waals surface area contributed by atoms with Crippen molar-refractivity contribution in [3.05, 3.63) is 35.9 Å². The number of hydrogen-bond donors (Lipinski definition) is 1. The lowest BCUT2D eigenvalue weighted by Gasteiger charge is -2.25. The lowest BCUT2D eigenvalue weighted by Crippen LogP contribution is -2.37. The second kappa shape index (κ2) is 10.6. The monoisotopic (exact) mass is 454 g/mol. The smallest absolute Gasteiger partial charge is 0.260 e. The molecule has 0 spiro atoms. The maximum Gasteiger partial charge on any atom is 0.260 e. The Bertz CT molecular complexity index is 804. The number of carbonyl (C=O) groups is 2. The Kier molecular flexibility index (Phi) is 8.68. The molecule has 1 aliphatic carbocycles. The topological polar surface area (TPSA) is 49.4 Å². The number of thiocarbonyl (C=S) groups is 1. The van der Waals surface area contributed by atoms with Gasteiger partial charge in [0.05, 0.1) is 10.7 Å². The van der Waals surface area contributed by atoms with Crippen LogP contribution < -0.4 is 10.2 Å². The van der Waals surface area contributed by atoms with Gasteiger partial charge in [0.1, 0.15) is 0 Å². The van der Waals surface area contributed by atoms with E-state index in [9.17, 15) is 9.59 Å². The minimum absolute atomic E-state index is 0.126. The minimum atomic E-state index is -1.51. The molecule has 4 nitrogen and oxygen atoms in total. The van der Waals surface area contributed by atoms with Crippen molar-refractivity contribution in [2.45, 2.75) is 63.6 Å². The molecule has 0 unspecified atom stereocenters. The first-order valence-corrected chi connectivity index (χ1v) is 11.2. The van der Waals surface area contributed by atoms with Crippen LogP contribution in [0.5, 0.6) is 0 Å². The summed E-state index contributed by atoms with van der Waals surface area (Å²) in [7, 11) is 0. The van der Waals surface area contributed by atoms with Gasteiger partial charge in [-0.15, -0.1) is 0 Å². The number of unbranched alkanes of at least 4 members (excludes halogenated alkanes) is 2. The standard InChI is InChI=1S/C22H28Cl2N2O2S/c1-4-6-7-9-15(3)19(27)26(20(29)16-12-13-16)18-11-8-10-17(14-18)25-21(28)22(23,24)5-2/h8-11,14,16H,4-7,12-13H2,1-3H3,(H,25,28). The van der Waals surface area contributed by atoms with E-state index in [4.69, 9.17) is 35.4 Å². The number of alkyl halides is 2. The fourth-order valence-electron chi connectivity index (χ4n) is 2.75. The molecule has 0 aromatic heterocycles. The number of nitrogens with zero attached hydrogens (tertiary/aromatic N) is 1. The van der Waals surface area contributed by atoms with Gasteiger partial charge in [0.15, 0.2) is 4.33 Å². The first-order valence-electron chi connectivity index (χ1n) is 10.1. The van der Waals surface area contributed by atoms with E-state index < -0.39 is 10.2 Å². The van der Waals surface area contributed by atoms with Gasteiger partial charge in [-0.3, -0.25) is 14.5 Å². The molecular weight excluding hydrogens is 427 g/mol. The van der Waals surface area contributed by atoms with Crippen LogP contribution in [0.2, 0.25) is 0 Å². The summed E-state index contributed by atoms with van der Waals surface area (Å²) in [5.41, 5.74) is 1.80. The molecule has 2 rings (SSSR count). The largest absolute Gasteiger partial charge is 0.323 e. The van der Waals surface area contributed by atoms with Crippen molar-refractivity contribution in [1.29, 1.82) is 0 Å². The molecule has 1 fully saturated rings. The third-order valence-corrected chi connectivity index (χ3v) is 6.23. The Balaban J connectivity index is 2.29. The normalized spacial score (nSPS) is 14.4. The highest BCUT2D eigenvalue weighted by molar-refractivity contribution is 7.80. The highest BCUT2D eigenvalue weighted by Crippen LogP contribution is 2.35. The third kappa shape index (κ3) is 6.53. The zero-order valence-corrected chi connectivity index (χ0v) is 19.5. The van der Waals surface area contributed by atoms with Gasteiger partial charge >= 0.3 is 0 Å². The molecule has 0 aliphatic heterocycles. The molecular formula is C22H28Cl2N2O2S. The summed E-state index contributed by atoms with van der Waals surface area (Å²) in [5, 5.41) is 2.72. The molecule has 1 saturated carbocycles. The number of allylic oxidation sites excluding steroid dienone is 1. The van der Waals surface area contributed by atoms with E-state index in [-0.39, 0.29) is 18.2 Å². The maximum atomic E-state index is 13.2. The van der Waals surface area contributed by atoms with Gasteiger partial charge in [0.2, 0.25) is 0 Å². The van der Waals surface area contributed by atoms with Crippen LogP contribution in [0.25, 0.3) is 0 Å². The number of amides is 2. The summed E-state index contributed by atoms with van der Waals surface area (Å²) in [6.07, 6.45) is 7.21. The summed E-state index contributed by atoms with van der Waals surface area (Å²) in [6, 6.07) is 7.04. The molecule has 1 aromatic rings. The van der Waals surface area contributed by atoms with Crippen LogP contribution in [-0.4, -0.2) is 21.1 Å².